The molecular formula is C15H21NO3S. The van der Waals surface area contributed by atoms with Gasteiger partial charge in [0.25, 0.3) is 0 Å². The second kappa shape index (κ2) is 6.79. The summed E-state index contributed by atoms with van der Waals surface area (Å²) in [6.07, 6.45) is 0. The molecule has 0 fully saturated rings. The summed E-state index contributed by atoms with van der Waals surface area (Å²) in [4.78, 5) is 22.8. The molecule has 4 nitrogen and oxygen atoms in total. The maximum Gasteiger partial charge on any atom is 0.310 e. The number of aliphatic carboxylic acids is 1. The van der Waals surface area contributed by atoms with Crippen LogP contribution in [0.15, 0.2) is 24.3 Å². The molecule has 1 aromatic carbocycles. The molecule has 0 aliphatic carbocycles. The van der Waals surface area contributed by atoms with Crippen LogP contribution in [0.2, 0.25) is 0 Å². The maximum absolute atomic E-state index is 11.8. The minimum Gasteiger partial charge on any atom is -0.481 e. The van der Waals surface area contributed by atoms with Crippen molar-refractivity contribution in [1.29, 1.82) is 0 Å². The molecular weight excluding hydrogens is 274 g/mol. The number of hydrogen-bond donors (Lipinski definition) is 2. The zero-order valence-corrected chi connectivity index (χ0v) is 13.1. The fourth-order valence-electron chi connectivity index (χ4n) is 1.51. The summed E-state index contributed by atoms with van der Waals surface area (Å²) in [6.45, 7) is 7.79. The number of carboxylic acid groups (broad SMARTS) is 1. The number of anilines is 1. The van der Waals surface area contributed by atoms with Crippen molar-refractivity contribution in [3.63, 3.8) is 0 Å². The highest BCUT2D eigenvalue weighted by Crippen LogP contribution is 2.23. The number of benzene rings is 1. The number of carbonyl (C=O) groups excluding carboxylic acids is 1. The Hall–Kier alpha value is -1.49. The summed E-state index contributed by atoms with van der Waals surface area (Å²) < 4.78 is 0.0387. The zero-order valence-electron chi connectivity index (χ0n) is 12.3. The number of amides is 1. The van der Waals surface area contributed by atoms with E-state index < -0.39 is 11.9 Å². The molecule has 0 aromatic heterocycles. The standard InChI is InChI=1S/C15H21NO3S/c1-10(14(18)19)11-6-5-7-12(8-11)16-13(17)9-20-15(2,3)4/h5-8,10H,9H2,1-4H3,(H,16,17)(H,18,19). The molecule has 1 aromatic rings. The maximum atomic E-state index is 11.8. The van der Waals surface area contributed by atoms with Crippen LogP contribution in [0.3, 0.4) is 0 Å². The van der Waals surface area contributed by atoms with E-state index in [-0.39, 0.29) is 10.7 Å². The first kappa shape index (κ1) is 16.6. The zero-order chi connectivity index (χ0) is 15.3. The Morgan fingerprint density at radius 1 is 1.35 bits per heavy atom. The SMILES string of the molecule is CC(C(=O)O)c1cccc(NC(=O)CSC(C)(C)C)c1. The summed E-state index contributed by atoms with van der Waals surface area (Å²) in [7, 11) is 0. The predicted molar refractivity (Wildman–Crippen MR) is 83.3 cm³/mol. The fraction of sp³-hybridized carbons (Fsp3) is 0.467. The molecule has 0 bridgehead atoms. The van der Waals surface area contributed by atoms with Crippen molar-refractivity contribution in [2.24, 2.45) is 0 Å². The number of carboxylic acids is 1. The van der Waals surface area contributed by atoms with Crippen molar-refractivity contribution in [1.82, 2.24) is 0 Å². The summed E-state index contributed by atoms with van der Waals surface area (Å²) in [6, 6.07) is 6.97. The van der Waals surface area contributed by atoms with Crippen molar-refractivity contribution >= 4 is 29.3 Å². The molecule has 0 radical (unpaired) electrons. The van der Waals surface area contributed by atoms with Gasteiger partial charge in [-0.1, -0.05) is 32.9 Å². The molecule has 0 spiro atoms. The van der Waals surface area contributed by atoms with Crippen LogP contribution < -0.4 is 5.32 Å². The number of nitrogens with one attached hydrogen (secondary N) is 1. The number of hydrogen-bond acceptors (Lipinski definition) is 3. The van der Waals surface area contributed by atoms with Gasteiger partial charge in [-0.05, 0) is 24.6 Å². The van der Waals surface area contributed by atoms with Gasteiger partial charge >= 0.3 is 5.97 Å². The van der Waals surface area contributed by atoms with Gasteiger partial charge in [-0.3, -0.25) is 9.59 Å². The first-order chi connectivity index (χ1) is 9.19. The molecule has 0 heterocycles. The Balaban J connectivity index is 2.67. The smallest absolute Gasteiger partial charge is 0.310 e. The molecule has 1 atom stereocenters. The average molecular weight is 295 g/mol. The van der Waals surface area contributed by atoms with Gasteiger partial charge in [-0.2, -0.15) is 0 Å². The summed E-state index contributed by atoms with van der Waals surface area (Å²) >= 11 is 1.57. The van der Waals surface area contributed by atoms with Crippen LogP contribution in [-0.4, -0.2) is 27.5 Å². The van der Waals surface area contributed by atoms with Crippen molar-refractivity contribution in [3.8, 4) is 0 Å². The quantitative estimate of drug-likeness (QED) is 0.874. The minimum absolute atomic E-state index is 0.0387. The Morgan fingerprint density at radius 3 is 2.55 bits per heavy atom. The van der Waals surface area contributed by atoms with Gasteiger partial charge in [-0.25, -0.2) is 0 Å². The normalized spacial score (nSPS) is 12.8. The molecule has 0 aliphatic rings. The molecule has 1 amide bonds. The van der Waals surface area contributed by atoms with Crippen molar-refractivity contribution in [3.05, 3.63) is 29.8 Å². The molecule has 110 valence electrons. The van der Waals surface area contributed by atoms with Gasteiger partial charge in [0.05, 0.1) is 11.7 Å². The van der Waals surface area contributed by atoms with Crippen LogP contribution in [-0.2, 0) is 9.59 Å². The molecule has 1 unspecified atom stereocenters. The molecule has 2 N–H and O–H groups in total. The predicted octanol–water partition coefficient (Wildman–Crippen LogP) is 3.34. The van der Waals surface area contributed by atoms with E-state index in [0.717, 1.165) is 0 Å². The van der Waals surface area contributed by atoms with Crippen molar-refractivity contribution in [2.75, 3.05) is 11.1 Å². The van der Waals surface area contributed by atoms with E-state index in [1.165, 1.54) is 0 Å². The van der Waals surface area contributed by atoms with E-state index in [1.807, 2.05) is 0 Å². The topological polar surface area (TPSA) is 66.4 Å². The minimum atomic E-state index is -0.878. The van der Waals surface area contributed by atoms with E-state index >= 15 is 0 Å². The van der Waals surface area contributed by atoms with Gasteiger partial charge in [-0.15, -0.1) is 11.8 Å². The lowest BCUT2D eigenvalue weighted by Gasteiger charge is -2.17. The lowest BCUT2D eigenvalue weighted by atomic mass is 10.0. The molecule has 5 heteroatoms. The Labute approximate surface area is 124 Å². The highest BCUT2D eigenvalue weighted by atomic mass is 32.2. The number of carbonyl (C=O) groups is 2. The van der Waals surface area contributed by atoms with E-state index in [4.69, 9.17) is 5.11 Å². The highest BCUT2D eigenvalue weighted by Gasteiger charge is 2.15. The monoisotopic (exact) mass is 295 g/mol. The molecule has 20 heavy (non-hydrogen) atoms. The second-order valence-corrected chi connectivity index (χ2v) is 7.44. The van der Waals surface area contributed by atoms with E-state index in [0.29, 0.717) is 17.0 Å². The first-order valence-electron chi connectivity index (χ1n) is 6.45. The van der Waals surface area contributed by atoms with Crippen LogP contribution in [0.25, 0.3) is 0 Å². The van der Waals surface area contributed by atoms with Crippen LogP contribution in [0.5, 0.6) is 0 Å². The number of thioether (sulfide) groups is 1. The van der Waals surface area contributed by atoms with Gasteiger partial charge in [0.2, 0.25) is 5.91 Å². The van der Waals surface area contributed by atoms with Gasteiger partial charge in [0.15, 0.2) is 0 Å². The second-order valence-electron chi connectivity index (χ2n) is 5.63. The van der Waals surface area contributed by atoms with Crippen molar-refractivity contribution < 1.29 is 14.7 Å². The number of rotatable bonds is 5. The van der Waals surface area contributed by atoms with E-state index in [2.05, 4.69) is 26.1 Å². The molecule has 0 aliphatic heterocycles. The summed E-state index contributed by atoms with van der Waals surface area (Å²) in [5.41, 5.74) is 1.31. The summed E-state index contributed by atoms with van der Waals surface area (Å²) in [5.74, 6) is -1.17. The Morgan fingerprint density at radius 2 is 2.00 bits per heavy atom. The molecule has 1 rings (SSSR count). The average Bonchev–Trinajstić information content (AvgIpc) is 2.35. The lowest BCUT2D eigenvalue weighted by Crippen LogP contribution is -2.19. The van der Waals surface area contributed by atoms with Crippen LogP contribution in [0.1, 0.15) is 39.2 Å². The highest BCUT2D eigenvalue weighted by molar-refractivity contribution is 8.01. The lowest BCUT2D eigenvalue weighted by molar-refractivity contribution is -0.138. The largest absolute Gasteiger partial charge is 0.481 e. The van der Waals surface area contributed by atoms with Crippen LogP contribution in [0, 0.1) is 0 Å². The van der Waals surface area contributed by atoms with Crippen LogP contribution >= 0.6 is 11.8 Å². The third kappa shape index (κ3) is 5.65. The van der Waals surface area contributed by atoms with E-state index in [9.17, 15) is 9.59 Å². The first-order valence-corrected chi connectivity index (χ1v) is 7.44. The third-order valence-corrected chi connectivity index (χ3v) is 3.95. The Kier molecular flexibility index (Phi) is 5.62. The third-order valence-electron chi connectivity index (χ3n) is 2.68. The van der Waals surface area contributed by atoms with Crippen LogP contribution in [0.4, 0.5) is 5.69 Å². The van der Waals surface area contributed by atoms with Gasteiger partial charge in [0.1, 0.15) is 0 Å². The van der Waals surface area contributed by atoms with Crippen molar-refractivity contribution in [2.45, 2.75) is 38.4 Å². The van der Waals surface area contributed by atoms with Gasteiger partial charge < -0.3 is 10.4 Å². The fourth-order valence-corrected chi connectivity index (χ4v) is 2.14. The molecule has 0 saturated carbocycles. The summed E-state index contributed by atoms with van der Waals surface area (Å²) in [5, 5.41) is 11.8. The van der Waals surface area contributed by atoms with Gasteiger partial charge in [0, 0.05) is 10.4 Å². The molecule has 0 saturated heterocycles. The Bertz CT molecular complexity index is 494. The van der Waals surface area contributed by atoms with E-state index in [1.54, 1.807) is 43.0 Å².